The highest BCUT2D eigenvalue weighted by Crippen LogP contribution is 2.21. The van der Waals surface area contributed by atoms with Crippen LogP contribution in [0, 0.1) is 18.8 Å². The Hall–Kier alpha value is -1.39. The SMILES string of the molecule is Cc1cccc(CN2CCC(C(=O)NCCC3CCN(C)CC3)CC2)c1. The number of carbonyl (C=O) groups excluding carboxylic acids is 1. The number of rotatable bonds is 6. The lowest BCUT2D eigenvalue weighted by Gasteiger charge is -2.32. The molecule has 1 aromatic carbocycles. The first kappa shape index (κ1) is 19.4. The van der Waals surface area contributed by atoms with E-state index in [1.54, 1.807) is 0 Å². The van der Waals surface area contributed by atoms with E-state index in [1.807, 2.05) is 0 Å². The monoisotopic (exact) mass is 357 g/mol. The molecule has 26 heavy (non-hydrogen) atoms. The van der Waals surface area contributed by atoms with E-state index in [0.717, 1.165) is 51.4 Å². The van der Waals surface area contributed by atoms with E-state index < -0.39 is 0 Å². The lowest BCUT2D eigenvalue weighted by molar-refractivity contribution is -0.126. The Morgan fingerprint density at radius 2 is 1.85 bits per heavy atom. The fraction of sp³-hybridized carbons (Fsp3) is 0.682. The number of amides is 1. The van der Waals surface area contributed by atoms with Crippen LogP contribution >= 0.6 is 0 Å². The van der Waals surface area contributed by atoms with Gasteiger partial charge in [-0.2, -0.15) is 0 Å². The van der Waals surface area contributed by atoms with Gasteiger partial charge in [0.05, 0.1) is 0 Å². The lowest BCUT2D eigenvalue weighted by Crippen LogP contribution is -2.41. The van der Waals surface area contributed by atoms with Crippen molar-refractivity contribution in [3.05, 3.63) is 35.4 Å². The van der Waals surface area contributed by atoms with Gasteiger partial charge in [0.15, 0.2) is 0 Å². The molecule has 0 aliphatic carbocycles. The molecule has 2 saturated heterocycles. The summed E-state index contributed by atoms with van der Waals surface area (Å²) in [6.45, 7) is 8.48. The fourth-order valence-corrected chi connectivity index (χ4v) is 4.32. The predicted octanol–water partition coefficient (Wildman–Crippen LogP) is 3.06. The van der Waals surface area contributed by atoms with Gasteiger partial charge in [-0.05, 0) is 83.7 Å². The minimum absolute atomic E-state index is 0.209. The van der Waals surface area contributed by atoms with Crippen molar-refractivity contribution in [1.29, 1.82) is 0 Å². The zero-order valence-electron chi connectivity index (χ0n) is 16.5. The molecule has 0 atom stereocenters. The molecule has 1 N–H and O–H groups in total. The molecule has 0 radical (unpaired) electrons. The van der Waals surface area contributed by atoms with E-state index in [4.69, 9.17) is 0 Å². The van der Waals surface area contributed by atoms with E-state index in [9.17, 15) is 4.79 Å². The molecule has 0 saturated carbocycles. The van der Waals surface area contributed by atoms with E-state index in [0.29, 0.717) is 0 Å². The van der Waals surface area contributed by atoms with Gasteiger partial charge >= 0.3 is 0 Å². The Labute approximate surface area is 158 Å². The van der Waals surface area contributed by atoms with Crippen LogP contribution < -0.4 is 5.32 Å². The quantitative estimate of drug-likeness (QED) is 0.850. The first-order valence-electron chi connectivity index (χ1n) is 10.3. The van der Waals surface area contributed by atoms with Gasteiger partial charge in [0.2, 0.25) is 5.91 Å². The van der Waals surface area contributed by atoms with Crippen LogP contribution in [0.1, 0.15) is 43.2 Å². The number of piperidine rings is 2. The zero-order valence-corrected chi connectivity index (χ0v) is 16.5. The van der Waals surface area contributed by atoms with Crippen molar-refractivity contribution < 1.29 is 4.79 Å². The van der Waals surface area contributed by atoms with Crippen LogP contribution in [0.15, 0.2) is 24.3 Å². The van der Waals surface area contributed by atoms with Crippen LogP contribution in [0.4, 0.5) is 0 Å². The fourth-order valence-electron chi connectivity index (χ4n) is 4.32. The third kappa shape index (κ3) is 5.82. The second-order valence-corrected chi connectivity index (χ2v) is 8.37. The molecule has 4 heteroatoms. The molecule has 0 unspecified atom stereocenters. The molecule has 2 aliphatic rings. The van der Waals surface area contributed by atoms with Gasteiger partial charge in [0.1, 0.15) is 0 Å². The van der Waals surface area contributed by atoms with Crippen LogP contribution in [0.3, 0.4) is 0 Å². The second kappa shape index (κ2) is 9.52. The number of likely N-dealkylation sites (tertiary alicyclic amines) is 2. The Kier molecular flexibility index (Phi) is 7.09. The molecule has 2 aliphatic heterocycles. The van der Waals surface area contributed by atoms with Crippen molar-refractivity contribution in [2.24, 2.45) is 11.8 Å². The number of hydrogen-bond acceptors (Lipinski definition) is 3. The zero-order chi connectivity index (χ0) is 18.4. The summed E-state index contributed by atoms with van der Waals surface area (Å²) in [4.78, 5) is 17.3. The number of benzene rings is 1. The third-order valence-electron chi connectivity index (χ3n) is 6.14. The summed E-state index contributed by atoms with van der Waals surface area (Å²) in [5, 5.41) is 3.21. The average molecular weight is 358 g/mol. The van der Waals surface area contributed by atoms with Gasteiger partial charge in [-0.15, -0.1) is 0 Å². The highest BCUT2D eigenvalue weighted by atomic mass is 16.1. The van der Waals surface area contributed by atoms with Crippen LogP contribution in [-0.2, 0) is 11.3 Å². The van der Waals surface area contributed by atoms with E-state index in [1.165, 1.54) is 37.1 Å². The molecule has 144 valence electrons. The van der Waals surface area contributed by atoms with Gasteiger partial charge in [-0.1, -0.05) is 29.8 Å². The van der Waals surface area contributed by atoms with Crippen molar-refractivity contribution in [2.75, 3.05) is 39.8 Å². The number of nitrogens with zero attached hydrogens (tertiary/aromatic N) is 2. The summed E-state index contributed by atoms with van der Waals surface area (Å²) in [5.41, 5.74) is 2.70. The molecule has 2 fully saturated rings. The predicted molar refractivity (Wildman–Crippen MR) is 107 cm³/mol. The highest BCUT2D eigenvalue weighted by molar-refractivity contribution is 5.78. The molecular weight excluding hydrogens is 322 g/mol. The van der Waals surface area contributed by atoms with Crippen LogP contribution in [-0.4, -0.2) is 55.5 Å². The lowest BCUT2D eigenvalue weighted by atomic mass is 9.93. The van der Waals surface area contributed by atoms with Crippen molar-refractivity contribution in [1.82, 2.24) is 15.1 Å². The number of nitrogens with one attached hydrogen (secondary N) is 1. The molecule has 1 amide bonds. The minimum atomic E-state index is 0.209. The van der Waals surface area contributed by atoms with Crippen molar-refractivity contribution >= 4 is 5.91 Å². The maximum absolute atomic E-state index is 12.5. The third-order valence-corrected chi connectivity index (χ3v) is 6.14. The van der Waals surface area contributed by atoms with E-state index in [2.05, 4.69) is 53.4 Å². The maximum Gasteiger partial charge on any atom is 0.223 e. The molecule has 4 nitrogen and oxygen atoms in total. The average Bonchev–Trinajstić information content (AvgIpc) is 2.64. The summed E-state index contributed by atoms with van der Waals surface area (Å²) in [6.07, 6.45) is 5.69. The minimum Gasteiger partial charge on any atom is -0.356 e. The van der Waals surface area contributed by atoms with E-state index in [-0.39, 0.29) is 11.8 Å². The van der Waals surface area contributed by atoms with E-state index >= 15 is 0 Å². The van der Waals surface area contributed by atoms with Crippen molar-refractivity contribution in [3.8, 4) is 0 Å². The summed E-state index contributed by atoms with van der Waals surface area (Å²) >= 11 is 0. The Balaban J connectivity index is 1.33. The Morgan fingerprint density at radius 1 is 1.12 bits per heavy atom. The Bertz CT molecular complexity index is 573. The van der Waals surface area contributed by atoms with Crippen molar-refractivity contribution in [3.63, 3.8) is 0 Å². The number of carbonyl (C=O) groups is 1. The van der Waals surface area contributed by atoms with Gasteiger partial charge in [-0.3, -0.25) is 9.69 Å². The summed E-state index contributed by atoms with van der Waals surface area (Å²) < 4.78 is 0. The largest absolute Gasteiger partial charge is 0.356 e. The maximum atomic E-state index is 12.5. The van der Waals surface area contributed by atoms with Crippen LogP contribution in [0.2, 0.25) is 0 Å². The highest BCUT2D eigenvalue weighted by Gasteiger charge is 2.25. The van der Waals surface area contributed by atoms with Crippen LogP contribution in [0.5, 0.6) is 0 Å². The smallest absolute Gasteiger partial charge is 0.223 e. The standard InChI is InChI=1S/C22H35N3O/c1-18-4-3-5-20(16-18)17-25-14-9-21(10-15-25)22(26)23-11-6-19-7-12-24(2)13-8-19/h3-5,16,19,21H,6-15,17H2,1-2H3,(H,23,26). The molecule has 3 rings (SSSR count). The number of aryl methyl sites for hydroxylation is 1. The second-order valence-electron chi connectivity index (χ2n) is 8.37. The summed E-state index contributed by atoms with van der Waals surface area (Å²) in [6, 6.07) is 8.75. The molecular formula is C22H35N3O. The molecule has 1 aromatic rings. The van der Waals surface area contributed by atoms with Gasteiger partial charge in [0, 0.05) is 19.0 Å². The van der Waals surface area contributed by atoms with Gasteiger partial charge in [0.25, 0.3) is 0 Å². The normalized spacial score (nSPS) is 21.0. The summed E-state index contributed by atoms with van der Waals surface area (Å²) in [7, 11) is 2.20. The first-order chi connectivity index (χ1) is 12.6. The van der Waals surface area contributed by atoms with Gasteiger partial charge in [-0.25, -0.2) is 0 Å². The van der Waals surface area contributed by atoms with Crippen molar-refractivity contribution in [2.45, 2.75) is 45.6 Å². The van der Waals surface area contributed by atoms with Crippen LogP contribution in [0.25, 0.3) is 0 Å². The molecule has 0 bridgehead atoms. The molecule has 0 spiro atoms. The topological polar surface area (TPSA) is 35.6 Å². The Morgan fingerprint density at radius 3 is 2.54 bits per heavy atom. The molecule has 0 aromatic heterocycles. The summed E-state index contributed by atoms with van der Waals surface area (Å²) in [5.74, 6) is 1.29. The van der Waals surface area contributed by atoms with Gasteiger partial charge < -0.3 is 10.2 Å². The molecule has 2 heterocycles. The number of hydrogen-bond donors (Lipinski definition) is 1. The first-order valence-corrected chi connectivity index (χ1v) is 10.3.